The van der Waals surface area contributed by atoms with E-state index in [1.807, 2.05) is 12.1 Å². The van der Waals surface area contributed by atoms with Crippen LogP contribution < -0.4 is 4.90 Å². The quantitative estimate of drug-likeness (QED) is 0.757. The van der Waals surface area contributed by atoms with Crippen LogP contribution in [0.4, 0.5) is 5.82 Å². The largest absolute Gasteiger partial charge is 0.396 e. The monoisotopic (exact) mass is 245 g/mol. The Hall–Kier alpha value is -2.38. The third-order valence-electron chi connectivity index (χ3n) is 2.91. The summed E-state index contributed by atoms with van der Waals surface area (Å²) in [5.41, 5.74) is 0.638. The van der Waals surface area contributed by atoms with Gasteiger partial charge in [-0.05, 0) is 0 Å². The number of anilines is 1. The van der Waals surface area contributed by atoms with Gasteiger partial charge in [0.2, 0.25) is 5.91 Å². The second-order valence-electron chi connectivity index (χ2n) is 4.10. The number of nitrogens with zero attached hydrogens (tertiary/aromatic N) is 4. The maximum absolute atomic E-state index is 11.8. The number of aromatic nitrogens is 2. The summed E-state index contributed by atoms with van der Waals surface area (Å²) in [6, 6.07) is 3.89. The van der Waals surface area contributed by atoms with E-state index in [0.29, 0.717) is 12.2 Å². The number of amides is 1. The van der Waals surface area contributed by atoms with Crippen LogP contribution in [0.2, 0.25) is 0 Å². The summed E-state index contributed by atoms with van der Waals surface area (Å²) >= 11 is 0. The van der Waals surface area contributed by atoms with Gasteiger partial charge >= 0.3 is 0 Å². The Morgan fingerprint density at radius 3 is 2.89 bits per heavy atom. The number of hydrogen-bond donors (Lipinski definition) is 2. The fourth-order valence-electron chi connectivity index (χ4n) is 2.00. The molecular formula is C11H11N5O2. The van der Waals surface area contributed by atoms with E-state index in [-0.39, 0.29) is 42.7 Å². The van der Waals surface area contributed by atoms with Crippen molar-refractivity contribution in [2.24, 2.45) is 5.92 Å². The Kier molecular flexibility index (Phi) is 3.26. The van der Waals surface area contributed by atoms with Gasteiger partial charge in [0, 0.05) is 25.5 Å². The maximum atomic E-state index is 11.8. The van der Waals surface area contributed by atoms with Crippen LogP contribution in [-0.2, 0) is 11.2 Å². The summed E-state index contributed by atoms with van der Waals surface area (Å²) in [4.78, 5) is 13.2. The molecule has 1 aliphatic rings. The lowest BCUT2D eigenvalue weighted by Gasteiger charge is -2.13. The van der Waals surface area contributed by atoms with E-state index in [9.17, 15) is 4.79 Å². The van der Waals surface area contributed by atoms with Crippen LogP contribution in [0.3, 0.4) is 0 Å². The van der Waals surface area contributed by atoms with Crippen LogP contribution in [0, 0.1) is 28.6 Å². The summed E-state index contributed by atoms with van der Waals surface area (Å²) in [6.07, 6.45) is 0.295. The molecular weight excluding hydrogens is 234 g/mol. The molecule has 1 fully saturated rings. The molecule has 1 amide bonds. The van der Waals surface area contributed by atoms with Gasteiger partial charge in [0.05, 0.1) is 18.2 Å². The van der Waals surface area contributed by atoms with Crippen molar-refractivity contribution in [3.63, 3.8) is 0 Å². The molecule has 0 aromatic carbocycles. The number of carbonyl (C=O) groups excluding carboxylic acids is 1. The third-order valence-corrected chi connectivity index (χ3v) is 2.91. The lowest BCUT2D eigenvalue weighted by molar-refractivity contribution is -0.117. The first kappa shape index (κ1) is 12.1. The van der Waals surface area contributed by atoms with E-state index >= 15 is 0 Å². The minimum atomic E-state index is -0.166. The summed E-state index contributed by atoms with van der Waals surface area (Å²) in [6.45, 7) is 0.278. The van der Waals surface area contributed by atoms with Gasteiger partial charge in [-0.1, -0.05) is 0 Å². The third kappa shape index (κ3) is 1.92. The fraction of sp³-hybridized carbons (Fsp3) is 0.455. The molecule has 2 heterocycles. The van der Waals surface area contributed by atoms with Crippen molar-refractivity contribution in [1.29, 1.82) is 10.5 Å². The highest BCUT2D eigenvalue weighted by Crippen LogP contribution is 2.27. The van der Waals surface area contributed by atoms with Crippen LogP contribution in [0.5, 0.6) is 0 Å². The lowest BCUT2D eigenvalue weighted by atomic mass is 10.1. The van der Waals surface area contributed by atoms with Crippen LogP contribution in [0.25, 0.3) is 0 Å². The van der Waals surface area contributed by atoms with Crippen LogP contribution in [0.15, 0.2) is 0 Å². The molecule has 0 bridgehead atoms. The molecule has 2 N–H and O–H groups in total. The van der Waals surface area contributed by atoms with Gasteiger partial charge < -0.3 is 5.11 Å². The highest BCUT2D eigenvalue weighted by atomic mass is 16.3. The Morgan fingerprint density at radius 1 is 1.56 bits per heavy atom. The number of rotatable bonds is 3. The number of aliphatic hydroxyl groups excluding tert-OH is 1. The van der Waals surface area contributed by atoms with E-state index in [0.717, 1.165) is 0 Å². The zero-order chi connectivity index (χ0) is 13.1. The zero-order valence-electron chi connectivity index (χ0n) is 9.55. The van der Waals surface area contributed by atoms with Crippen LogP contribution in [-0.4, -0.2) is 34.4 Å². The Labute approximate surface area is 103 Å². The van der Waals surface area contributed by atoms with Gasteiger partial charge in [-0.25, -0.2) is 0 Å². The smallest absolute Gasteiger partial charge is 0.228 e. The number of nitriles is 2. The number of nitrogens with one attached hydrogen (secondary N) is 1. The normalized spacial score (nSPS) is 18.7. The number of aliphatic hydroxyl groups is 1. The fourth-order valence-corrected chi connectivity index (χ4v) is 2.00. The highest BCUT2D eigenvalue weighted by molar-refractivity contribution is 5.96. The van der Waals surface area contributed by atoms with E-state index in [1.165, 1.54) is 4.90 Å². The highest BCUT2D eigenvalue weighted by Gasteiger charge is 2.33. The molecule has 1 atom stereocenters. The lowest BCUT2D eigenvalue weighted by Crippen LogP contribution is -2.26. The zero-order valence-corrected chi connectivity index (χ0v) is 9.55. The molecule has 0 aliphatic carbocycles. The molecule has 7 nitrogen and oxygen atoms in total. The van der Waals surface area contributed by atoms with Crippen molar-refractivity contribution in [2.75, 3.05) is 18.1 Å². The van der Waals surface area contributed by atoms with Gasteiger partial charge in [-0.2, -0.15) is 15.6 Å². The molecule has 0 saturated carbocycles. The molecule has 1 aromatic heterocycles. The number of H-pyrrole nitrogens is 1. The SMILES string of the molecule is N#CCc1[nH]nc(N2CC(CO)CC2=O)c1C#N. The topological polar surface area (TPSA) is 117 Å². The Morgan fingerprint density at radius 2 is 2.33 bits per heavy atom. The summed E-state index contributed by atoms with van der Waals surface area (Å²) in [5, 5.41) is 33.3. The van der Waals surface area contributed by atoms with Gasteiger partial charge in [0.15, 0.2) is 5.82 Å². The van der Waals surface area contributed by atoms with Gasteiger partial charge in [0.1, 0.15) is 11.6 Å². The predicted molar refractivity (Wildman–Crippen MR) is 60.2 cm³/mol. The average molecular weight is 245 g/mol. The minimum absolute atomic E-state index is 0.0430. The maximum Gasteiger partial charge on any atom is 0.228 e. The van der Waals surface area contributed by atoms with Crippen LogP contribution in [0.1, 0.15) is 17.7 Å². The van der Waals surface area contributed by atoms with Crippen LogP contribution >= 0.6 is 0 Å². The minimum Gasteiger partial charge on any atom is -0.396 e. The van der Waals surface area contributed by atoms with E-state index in [1.54, 1.807) is 0 Å². The molecule has 2 rings (SSSR count). The molecule has 0 radical (unpaired) electrons. The summed E-state index contributed by atoms with van der Waals surface area (Å²) in [5.74, 6) is -0.0376. The average Bonchev–Trinajstić information content (AvgIpc) is 2.92. The van der Waals surface area contributed by atoms with E-state index < -0.39 is 0 Å². The predicted octanol–water partition coefficient (Wildman–Crippen LogP) is -0.307. The van der Waals surface area contributed by atoms with Gasteiger partial charge in [-0.3, -0.25) is 14.8 Å². The Bertz CT molecular complexity index is 551. The summed E-state index contributed by atoms with van der Waals surface area (Å²) < 4.78 is 0. The molecule has 92 valence electrons. The van der Waals surface area contributed by atoms with E-state index in [4.69, 9.17) is 15.6 Å². The standard InChI is InChI=1S/C11H11N5O2/c12-2-1-9-8(4-13)11(15-14-9)16-5-7(6-17)3-10(16)18/h7,17H,1,3,5-6H2,(H,14,15). The summed E-state index contributed by atoms with van der Waals surface area (Å²) in [7, 11) is 0. The van der Waals surface area contributed by atoms with Crippen molar-refractivity contribution in [1.82, 2.24) is 10.2 Å². The number of aromatic amines is 1. The van der Waals surface area contributed by atoms with Crippen molar-refractivity contribution >= 4 is 11.7 Å². The van der Waals surface area contributed by atoms with E-state index in [2.05, 4.69) is 10.2 Å². The van der Waals surface area contributed by atoms with Crippen molar-refractivity contribution in [3.05, 3.63) is 11.3 Å². The molecule has 1 aliphatic heterocycles. The van der Waals surface area contributed by atoms with Gasteiger partial charge in [0.25, 0.3) is 0 Å². The number of hydrogen-bond acceptors (Lipinski definition) is 5. The molecule has 7 heteroatoms. The molecule has 18 heavy (non-hydrogen) atoms. The van der Waals surface area contributed by atoms with Crippen molar-refractivity contribution in [3.8, 4) is 12.1 Å². The second kappa shape index (κ2) is 4.86. The second-order valence-corrected chi connectivity index (χ2v) is 4.10. The first-order valence-corrected chi connectivity index (χ1v) is 5.46. The number of carbonyl (C=O) groups is 1. The van der Waals surface area contributed by atoms with Crippen molar-refractivity contribution in [2.45, 2.75) is 12.8 Å². The first-order valence-electron chi connectivity index (χ1n) is 5.46. The van der Waals surface area contributed by atoms with Crippen molar-refractivity contribution < 1.29 is 9.90 Å². The van der Waals surface area contributed by atoms with Gasteiger partial charge in [-0.15, -0.1) is 0 Å². The first-order chi connectivity index (χ1) is 8.71. The molecule has 0 spiro atoms. The molecule has 1 aromatic rings. The molecule has 1 unspecified atom stereocenters. The molecule has 1 saturated heterocycles. The Balaban J connectivity index is 2.33.